The second-order valence-electron chi connectivity index (χ2n) is 8.45. The minimum Gasteiger partial charge on any atom is -0.481 e. The molecule has 4 aliphatic rings. The van der Waals surface area contributed by atoms with E-state index in [0.717, 1.165) is 54.8 Å². The maximum atomic E-state index is 12.5. The van der Waals surface area contributed by atoms with Gasteiger partial charge in [0.15, 0.2) is 0 Å². The number of carbonyl (C=O) groups excluding carboxylic acids is 1. The van der Waals surface area contributed by atoms with Gasteiger partial charge < -0.3 is 15.3 Å². The molecule has 1 aromatic heterocycles. The lowest BCUT2D eigenvalue weighted by Crippen LogP contribution is -2.47. The first-order valence-electron chi connectivity index (χ1n) is 9.81. The van der Waals surface area contributed by atoms with E-state index >= 15 is 0 Å². The number of rotatable bonds is 3. The summed E-state index contributed by atoms with van der Waals surface area (Å²) >= 11 is 1.59. The lowest BCUT2D eigenvalue weighted by Gasteiger charge is -2.51. The Morgan fingerprint density at radius 3 is 2.32 bits per heavy atom. The number of fused-ring (bicyclic) bond motifs is 4. The number of amides is 2. The van der Waals surface area contributed by atoms with Crippen LogP contribution in [0.15, 0.2) is 29.8 Å². The zero-order valence-corrected chi connectivity index (χ0v) is 16.4. The first-order valence-corrected chi connectivity index (χ1v) is 10.7. The Bertz CT molecular complexity index is 892. The van der Waals surface area contributed by atoms with Gasteiger partial charge in [-0.25, -0.2) is 9.78 Å². The monoisotopic (exact) mass is 397 g/mol. The van der Waals surface area contributed by atoms with E-state index in [2.05, 4.69) is 22.4 Å². The number of carboxylic acid groups (broad SMARTS) is 1. The molecule has 0 atom stereocenters. The molecule has 1 aromatic carbocycles. The van der Waals surface area contributed by atoms with Gasteiger partial charge >= 0.3 is 12.0 Å². The van der Waals surface area contributed by atoms with Crippen LogP contribution in [-0.2, 0) is 23.3 Å². The lowest BCUT2D eigenvalue weighted by molar-refractivity contribution is -0.156. The van der Waals surface area contributed by atoms with Crippen LogP contribution < -0.4 is 5.32 Å². The highest BCUT2D eigenvalue weighted by molar-refractivity contribution is 7.09. The molecule has 2 heterocycles. The largest absolute Gasteiger partial charge is 0.481 e. The summed E-state index contributed by atoms with van der Waals surface area (Å²) < 4.78 is 0. The van der Waals surface area contributed by atoms with E-state index < -0.39 is 11.4 Å². The summed E-state index contributed by atoms with van der Waals surface area (Å²) in [5, 5.41) is 12.6. The van der Waals surface area contributed by atoms with Crippen molar-refractivity contribution in [1.29, 1.82) is 0 Å². The first-order chi connectivity index (χ1) is 13.5. The Balaban J connectivity index is 1.25. The molecule has 2 aromatic rings. The van der Waals surface area contributed by atoms with E-state index in [0.29, 0.717) is 13.1 Å². The van der Waals surface area contributed by atoms with Crippen molar-refractivity contribution in [3.05, 3.63) is 45.9 Å². The quantitative estimate of drug-likeness (QED) is 0.806. The van der Waals surface area contributed by atoms with Gasteiger partial charge in [0.05, 0.1) is 29.7 Å². The number of urea groups is 1. The van der Waals surface area contributed by atoms with Crippen molar-refractivity contribution in [2.75, 3.05) is 5.32 Å². The third kappa shape index (κ3) is 2.71. The third-order valence-corrected chi connectivity index (χ3v) is 8.00. The van der Waals surface area contributed by atoms with Crippen molar-refractivity contribution < 1.29 is 14.7 Å². The fourth-order valence-corrected chi connectivity index (χ4v) is 5.94. The first kappa shape index (κ1) is 17.7. The van der Waals surface area contributed by atoms with Crippen LogP contribution in [0.1, 0.15) is 54.7 Å². The van der Waals surface area contributed by atoms with Gasteiger partial charge in [-0.3, -0.25) is 4.79 Å². The van der Waals surface area contributed by atoms with Gasteiger partial charge in [0.25, 0.3) is 0 Å². The number of nitrogens with one attached hydrogen (secondary N) is 1. The molecule has 2 bridgehead atoms. The van der Waals surface area contributed by atoms with Crippen LogP contribution in [0.3, 0.4) is 0 Å². The molecule has 0 spiro atoms. The molecule has 28 heavy (non-hydrogen) atoms. The van der Waals surface area contributed by atoms with Crippen LogP contribution in [0.4, 0.5) is 10.5 Å². The van der Waals surface area contributed by atoms with E-state index in [1.54, 1.807) is 16.2 Å². The summed E-state index contributed by atoms with van der Waals surface area (Å²) in [5.74, 6) is -0.620. The number of carboxylic acids is 1. The maximum Gasteiger partial charge on any atom is 0.322 e. The van der Waals surface area contributed by atoms with Crippen LogP contribution in [0.5, 0.6) is 0 Å². The molecule has 6 nitrogen and oxygen atoms in total. The number of benzene rings is 1. The molecule has 2 amide bonds. The summed E-state index contributed by atoms with van der Waals surface area (Å²) in [4.78, 5) is 31.4. The summed E-state index contributed by atoms with van der Waals surface area (Å²) in [6.45, 7) is 1.19. The zero-order valence-electron chi connectivity index (χ0n) is 15.6. The predicted molar refractivity (Wildman–Crippen MR) is 106 cm³/mol. The molecule has 1 aliphatic heterocycles. The van der Waals surface area contributed by atoms with Gasteiger partial charge in [0.1, 0.15) is 0 Å². The van der Waals surface area contributed by atoms with E-state index in [1.807, 2.05) is 17.6 Å². The Hall–Kier alpha value is -2.41. The highest BCUT2D eigenvalue weighted by Gasteiger charge is 2.53. The Kier molecular flexibility index (Phi) is 3.98. The highest BCUT2D eigenvalue weighted by Crippen LogP contribution is 2.57. The average Bonchev–Trinajstić information content (AvgIpc) is 3.32. The topological polar surface area (TPSA) is 82.5 Å². The number of carbonyl (C=O) groups is 2. The molecule has 3 aliphatic carbocycles. The van der Waals surface area contributed by atoms with E-state index in [-0.39, 0.29) is 11.4 Å². The highest BCUT2D eigenvalue weighted by atomic mass is 32.1. The second-order valence-corrected chi connectivity index (χ2v) is 9.39. The molecular formula is C21H23N3O3S. The van der Waals surface area contributed by atoms with Crippen molar-refractivity contribution in [2.45, 2.75) is 57.0 Å². The van der Waals surface area contributed by atoms with Crippen LogP contribution >= 0.6 is 11.3 Å². The van der Waals surface area contributed by atoms with Crippen molar-refractivity contribution in [3.8, 4) is 0 Å². The van der Waals surface area contributed by atoms with Crippen LogP contribution in [0, 0.1) is 5.41 Å². The molecule has 7 heteroatoms. The number of hydrogen-bond donors (Lipinski definition) is 2. The predicted octanol–water partition coefficient (Wildman–Crippen LogP) is 4.37. The molecule has 0 saturated heterocycles. The lowest BCUT2D eigenvalue weighted by atomic mass is 9.52. The van der Waals surface area contributed by atoms with Crippen molar-refractivity contribution in [1.82, 2.24) is 9.88 Å². The summed E-state index contributed by atoms with van der Waals surface area (Å²) in [6.07, 6.45) is 5.13. The fraction of sp³-hybridized carbons (Fsp3) is 0.476. The van der Waals surface area contributed by atoms with Crippen molar-refractivity contribution in [2.24, 2.45) is 5.41 Å². The smallest absolute Gasteiger partial charge is 0.322 e. The average molecular weight is 398 g/mol. The molecule has 2 N–H and O–H groups in total. The third-order valence-electron chi connectivity index (χ3n) is 7.14. The standard InChI is InChI=1S/C21H23N3O3S/c25-18(26)21-8-5-20(6-9-21,7-10-21)14-1-3-15(4-2-14)23-19(27)24-11-16-17(12-24)28-13-22-16/h1-4,13H,5-12H2,(H,23,27)(H,25,26). The van der Waals surface area contributed by atoms with Gasteiger partial charge in [0.2, 0.25) is 0 Å². The summed E-state index contributed by atoms with van der Waals surface area (Å²) in [7, 11) is 0. The molecular weight excluding hydrogens is 374 g/mol. The van der Waals surface area contributed by atoms with Gasteiger partial charge in [0, 0.05) is 10.6 Å². The Morgan fingerprint density at radius 2 is 1.71 bits per heavy atom. The molecule has 0 unspecified atom stereocenters. The SMILES string of the molecule is O=C(Nc1ccc(C23CCC(C(=O)O)(CC2)CC3)cc1)N1Cc2ncsc2C1. The maximum absolute atomic E-state index is 12.5. The summed E-state index contributed by atoms with van der Waals surface area (Å²) in [5.41, 5.74) is 4.52. The van der Waals surface area contributed by atoms with Crippen LogP contribution in [-0.4, -0.2) is 27.0 Å². The van der Waals surface area contributed by atoms with Crippen LogP contribution in [0.2, 0.25) is 0 Å². The molecule has 0 radical (unpaired) electrons. The Labute approximate surface area is 167 Å². The minimum absolute atomic E-state index is 0.0994. The minimum atomic E-state index is -0.620. The van der Waals surface area contributed by atoms with Crippen molar-refractivity contribution in [3.63, 3.8) is 0 Å². The van der Waals surface area contributed by atoms with Gasteiger partial charge in [-0.15, -0.1) is 11.3 Å². The number of nitrogens with zero attached hydrogens (tertiary/aromatic N) is 2. The van der Waals surface area contributed by atoms with Crippen LogP contribution in [0.25, 0.3) is 0 Å². The number of anilines is 1. The summed E-state index contributed by atoms with van der Waals surface area (Å²) in [6, 6.07) is 8.06. The van der Waals surface area contributed by atoms with Gasteiger partial charge in [-0.05, 0) is 61.6 Å². The van der Waals surface area contributed by atoms with E-state index in [9.17, 15) is 14.7 Å². The number of aromatic nitrogens is 1. The zero-order chi connectivity index (χ0) is 19.4. The number of thiazole rings is 1. The molecule has 146 valence electrons. The normalized spacial score (nSPS) is 28.2. The number of hydrogen-bond acceptors (Lipinski definition) is 4. The molecule has 6 rings (SSSR count). The van der Waals surface area contributed by atoms with Gasteiger partial charge in [-0.1, -0.05) is 12.1 Å². The fourth-order valence-electron chi connectivity index (χ4n) is 5.15. The second kappa shape index (κ2) is 6.30. The molecule has 3 saturated carbocycles. The Morgan fingerprint density at radius 1 is 1.04 bits per heavy atom. The van der Waals surface area contributed by atoms with E-state index in [1.165, 1.54) is 5.56 Å². The van der Waals surface area contributed by atoms with Gasteiger partial charge in [-0.2, -0.15) is 0 Å². The number of aliphatic carboxylic acids is 1. The molecule has 3 fully saturated rings. The van der Waals surface area contributed by atoms with Crippen molar-refractivity contribution >= 4 is 29.0 Å². The van der Waals surface area contributed by atoms with E-state index in [4.69, 9.17) is 0 Å².